The van der Waals surface area contributed by atoms with E-state index in [0.29, 0.717) is 250 Å². The molecule has 0 unspecified atom stereocenters. The predicted molar refractivity (Wildman–Crippen MR) is 298 cm³/mol. The fourth-order valence-electron chi connectivity index (χ4n) is 7.22. The van der Waals surface area contributed by atoms with E-state index < -0.39 is 12.1 Å². The minimum absolute atomic E-state index is 0.0135. The van der Waals surface area contributed by atoms with E-state index in [0.717, 1.165) is 19.5 Å². The van der Waals surface area contributed by atoms with Crippen LogP contribution in [0, 0.1) is 5.92 Å². The smallest absolute Gasteiger partial charge is 0.245 e. The number of methoxy groups -OCH3 is 1. The van der Waals surface area contributed by atoms with E-state index in [9.17, 15) is 19.2 Å². The second-order valence-electron chi connectivity index (χ2n) is 18.6. The summed E-state index contributed by atoms with van der Waals surface area (Å²) in [4.78, 5) is 56.1. The summed E-state index contributed by atoms with van der Waals surface area (Å²) in [6, 6.07) is -1.53. The number of carbonyl (C=O) groups excluding carboxylic acids is 4. The van der Waals surface area contributed by atoms with Gasteiger partial charge in [-0.25, -0.2) is 0 Å². The Morgan fingerprint density at radius 2 is 0.762 bits per heavy atom. The molecule has 25 heteroatoms. The topological polar surface area (TPSA) is 259 Å². The standard InChI is InChI=1S/C55H107N5O20/c1-6-10-51(61)56-13-9-8-11-50(55(64)60-16-14-59(4)15-17-60)57-54(63)53(49(3)7-2)58-52(62)12-18-66-21-22-68-25-26-70-29-30-72-33-34-74-37-38-76-41-42-78-45-46-80-48-47-79-44-43-77-40-39-75-36-35-73-32-31-71-28-27-69-24-23-67-20-19-65-5/h49-50,53H,6-48H2,1-5H3,(H,56,61)(H,57,63)(H,58,62)/t49-,50-,53-/m0/s1. The molecule has 0 aromatic rings. The Hall–Kier alpha value is -2.80. The van der Waals surface area contributed by atoms with Crippen molar-refractivity contribution in [1.29, 1.82) is 0 Å². The maximum Gasteiger partial charge on any atom is 0.245 e. The van der Waals surface area contributed by atoms with Gasteiger partial charge in [-0.15, -0.1) is 0 Å². The van der Waals surface area contributed by atoms with Gasteiger partial charge in [-0.3, -0.25) is 19.2 Å². The summed E-state index contributed by atoms with van der Waals surface area (Å²) in [7, 11) is 3.66. The first-order valence-corrected chi connectivity index (χ1v) is 29.2. The lowest BCUT2D eigenvalue weighted by molar-refractivity contribution is -0.139. The van der Waals surface area contributed by atoms with E-state index in [2.05, 4.69) is 20.9 Å². The first-order valence-electron chi connectivity index (χ1n) is 29.2. The number of unbranched alkanes of at least 4 members (excludes halogenated alkanes) is 1. The van der Waals surface area contributed by atoms with E-state index in [-0.39, 0.29) is 42.6 Å². The normalized spacial score (nSPS) is 14.1. The van der Waals surface area contributed by atoms with Crippen LogP contribution in [0.25, 0.3) is 0 Å². The van der Waals surface area contributed by atoms with Crippen molar-refractivity contribution in [3.8, 4) is 0 Å². The van der Waals surface area contributed by atoms with Crippen molar-refractivity contribution in [2.75, 3.05) is 252 Å². The van der Waals surface area contributed by atoms with Gasteiger partial charge < -0.3 is 102 Å². The van der Waals surface area contributed by atoms with Crippen LogP contribution in [0.5, 0.6) is 0 Å². The summed E-state index contributed by atoms with van der Waals surface area (Å²) in [5.41, 5.74) is 0. The molecule has 0 aromatic carbocycles. The van der Waals surface area contributed by atoms with Gasteiger partial charge in [0, 0.05) is 52.7 Å². The number of amides is 4. The lowest BCUT2D eigenvalue weighted by atomic mass is 9.97. The quantitative estimate of drug-likeness (QED) is 0.0722. The zero-order valence-corrected chi connectivity index (χ0v) is 49.7. The number of hydrogen-bond acceptors (Lipinski definition) is 21. The SMILES string of the molecule is CCCC(=O)NCCCC[C@H](NC(=O)[C@@H](NC(=O)CCOCCOCCOCCOCCOCCOCCOCCOCCOCCOCCOCCOCCOCCOCCOCCOC)[C@@H](C)CC)C(=O)N1CCN(C)CC1. The van der Waals surface area contributed by atoms with Crippen molar-refractivity contribution in [2.45, 2.75) is 77.8 Å². The summed E-state index contributed by atoms with van der Waals surface area (Å²) < 4.78 is 87.5. The van der Waals surface area contributed by atoms with Crippen molar-refractivity contribution in [3.63, 3.8) is 0 Å². The molecule has 0 aromatic heterocycles. The average Bonchev–Trinajstić information content (AvgIpc) is 3.48. The molecule has 0 radical (unpaired) electrons. The lowest BCUT2D eigenvalue weighted by Gasteiger charge is -2.35. The number of nitrogens with zero attached hydrogens (tertiary/aromatic N) is 2. The Balaban J connectivity index is 1.90. The highest BCUT2D eigenvalue weighted by atomic mass is 16.6. The maximum absolute atomic E-state index is 13.7. The van der Waals surface area contributed by atoms with E-state index in [1.54, 1.807) is 12.0 Å². The van der Waals surface area contributed by atoms with Gasteiger partial charge in [0.15, 0.2) is 0 Å². The lowest BCUT2D eigenvalue weighted by Crippen LogP contribution is -2.58. The number of piperazine rings is 1. The van der Waals surface area contributed by atoms with Crippen LogP contribution in [0.3, 0.4) is 0 Å². The van der Waals surface area contributed by atoms with Crippen molar-refractivity contribution in [1.82, 2.24) is 25.8 Å². The first kappa shape index (κ1) is 75.2. The summed E-state index contributed by atoms with van der Waals surface area (Å²) in [5.74, 6) is -0.958. The highest BCUT2D eigenvalue weighted by molar-refractivity contribution is 5.92. The van der Waals surface area contributed by atoms with Crippen LogP contribution in [0.2, 0.25) is 0 Å². The molecule has 3 N–H and O–H groups in total. The van der Waals surface area contributed by atoms with Crippen LogP contribution in [0.4, 0.5) is 0 Å². The third-order valence-corrected chi connectivity index (χ3v) is 12.1. The summed E-state index contributed by atoms with van der Waals surface area (Å²) in [6.45, 7) is 23.4. The molecule has 1 aliphatic heterocycles. The molecule has 0 spiro atoms. The molecule has 3 atom stereocenters. The van der Waals surface area contributed by atoms with Gasteiger partial charge in [0.25, 0.3) is 0 Å². The molecule has 0 saturated carbocycles. The molecule has 1 aliphatic rings. The van der Waals surface area contributed by atoms with Gasteiger partial charge in [-0.05, 0) is 38.6 Å². The Kier molecular flexibility index (Phi) is 54.5. The van der Waals surface area contributed by atoms with E-state index >= 15 is 0 Å². The summed E-state index contributed by atoms with van der Waals surface area (Å²) in [6.07, 6.45) is 3.76. The summed E-state index contributed by atoms with van der Waals surface area (Å²) in [5, 5.41) is 8.77. The molecule has 25 nitrogen and oxygen atoms in total. The van der Waals surface area contributed by atoms with Gasteiger partial charge in [-0.2, -0.15) is 0 Å². The van der Waals surface area contributed by atoms with Crippen LogP contribution >= 0.6 is 0 Å². The molecule has 1 fully saturated rings. The molecule has 80 heavy (non-hydrogen) atoms. The monoisotopic (exact) mass is 1160 g/mol. The van der Waals surface area contributed by atoms with Crippen molar-refractivity contribution >= 4 is 23.6 Å². The van der Waals surface area contributed by atoms with E-state index in [4.69, 9.17) is 75.8 Å². The second-order valence-corrected chi connectivity index (χ2v) is 18.6. The highest BCUT2D eigenvalue weighted by Gasteiger charge is 2.32. The molecule has 1 saturated heterocycles. The highest BCUT2D eigenvalue weighted by Crippen LogP contribution is 2.13. The molecular formula is C55H107N5O20. The summed E-state index contributed by atoms with van der Waals surface area (Å²) >= 11 is 0. The van der Waals surface area contributed by atoms with Gasteiger partial charge in [0.1, 0.15) is 12.1 Å². The molecule has 4 amide bonds. The van der Waals surface area contributed by atoms with Crippen molar-refractivity contribution < 1.29 is 95.0 Å². The Morgan fingerprint density at radius 1 is 0.425 bits per heavy atom. The molecule has 1 rings (SSSR count). The first-order chi connectivity index (χ1) is 39.2. The molecule has 1 heterocycles. The average molecular weight is 1160 g/mol. The Morgan fingerprint density at radius 3 is 1.09 bits per heavy atom. The van der Waals surface area contributed by atoms with Crippen LogP contribution in [0.15, 0.2) is 0 Å². The number of carbonyl (C=O) groups is 4. The molecule has 472 valence electrons. The Labute approximate surface area is 478 Å². The largest absolute Gasteiger partial charge is 0.382 e. The van der Waals surface area contributed by atoms with Crippen LogP contribution in [0.1, 0.15) is 65.7 Å². The number of ether oxygens (including phenoxy) is 16. The van der Waals surface area contributed by atoms with Crippen LogP contribution < -0.4 is 16.0 Å². The second kappa shape index (κ2) is 58.0. The minimum atomic E-state index is -0.806. The number of nitrogens with one attached hydrogen (secondary N) is 3. The third-order valence-electron chi connectivity index (χ3n) is 12.1. The predicted octanol–water partition coefficient (Wildman–Crippen LogP) is 1.15. The van der Waals surface area contributed by atoms with E-state index in [1.165, 1.54) is 0 Å². The molecule has 0 bridgehead atoms. The maximum atomic E-state index is 13.7. The number of rotatable bonds is 61. The van der Waals surface area contributed by atoms with Crippen molar-refractivity contribution in [3.05, 3.63) is 0 Å². The number of hydrogen-bond donors (Lipinski definition) is 3. The molecular weight excluding hydrogens is 1050 g/mol. The van der Waals surface area contributed by atoms with Crippen molar-refractivity contribution in [2.24, 2.45) is 5.92 Å². The molecule has 0 aliphatic carbocycles. The Bertz CT molecular complexity index is 1410. The van der Waals surface area contributed by atoms with Gasteiger partial charge in [0.2, 0.25) is 23.6 Å². The fourth-order valence-corrected chi connectivity index (χ4v) is 7.22. The van der Waals surface area contributed by atoms with E-state index in [1.807, 2.05) is 27.8 Å². The van der Waals surface area contributed by atoms with Gasteiger partial charge in [0.05, 0.1) is 205 Å². The number of likely N-dealkylation sites (N-methyl/N-ethyl adjacent to an activating group) is 1. The third kappa shape index (κ3) is 47.7. The van der Waals surface area contributed by atoms with Gasteiger partial charge >= 0.3 is 0 Å². The fraction of sp³-hybridized carbons (Fsp3) is 0.927. The van der Waals surface area contributed by atoms with Crippen LogP contribution in [-0.2, 0) is 95.0 Å². The minimum Gasteiger partial charge on any atom is -0.382 e. The van der Waals surface area contributed by atoms with Gasteiger partial charge in [-0.1, -0.05) is 27.2 Å². The van der Waals surface area contributed by atoms with Crippen LogP contribution in [-0.4, -0.2) is 297 Å². The zero-order valence-electron chi connectivity index (χ0n) is 49.7. The zero-order chi connectivity index (χ0) is 58.0.